The maximum atomic E-state index is 9.85. The highest BCUT2D eigenvalue weighted by atomic mass is 19.5. The molecule has 0 fully saturated rings. The lowest BCUT2D eigenvalue weighted by molar-refractivity contribution is -0.237. The van der Waals surface area contributed by atoms with Crippen molar-refractivity contribution in [1.29, 1.82) is 0 Å². The van der Waals surface area contributed by atoms with Gasteiger partial charge in [0.2, 0.25) is 0 Å². The average molecular weight is 138 g/mol. The fraction of sp³-hybridized carbons (Fsp3) is 1.00. The third-order valence-electron chi connectivity index (χ3n) is 0. The first kappa shape index (κ1) is 10.6. The molecule has 0 aliphatic heterocycles. The summed E-state index contributed by atoms with van der Waals surface area (Å²) in [5, 5.41) is 6.90. The topological polar surface area (TPSA) is 20.2 Å². The Kier molecular flexibility index (Phi) is 6.29. The van der Waals surface area contributed by atoms with Gasteiger partial charge in [0.25, 0.3) is 0 Å². The highest BCUT2D eigenvalue weighted by molar-refractivity contribution is 4.08. The predicted octanol–water partition coefficient (Wildman–Crippen LogP) is 1.38. The van der Waals surface area contributed by atoms with E-state index in [4.69, 9.17) is 5.11 Å². The summed E-state index contributed by atoms with van der Waals surface area (Å²) in [5.74, 6) is 0. The molecule has 0 atom stereocenters. The van der Waals surface area contributed by atoms with Crippen molar-refractivity contribution >= 4 is 0 Å². The van der Waals surface area contributed by atoms with Crippen LogP contribution >= 0.6 is 0 Å². The number of halogens is 5. The van der Waals surface area contributed by atoms with Gasteiger partial charge in [0.1, 0.15) is 0 Å². The van der Waals surface area contributed by atoms with Crippen molar-refractivity contribution in [2.24, 2.45) is 0 Å². The molecule has 1 nitrogen and oxygen atoms in total. The molecule has 0 aromatic rings. The molecular weight excluding hydrogens is 135 g/mol. The van der Waals surface area contributed by atoms with Gasteiger partial charge in [0.15, 0.2) is 6.86 Å². The molecule has 0 aromatic carbocycles. The Morgan fingerprint density at radius 1 is 1.12 bits per heavy atom. The largest absolute Gasteiger partial charge is 0.559 e. The van der Waals surface area contributed by atoms with Gasteiger partial charge in [0, 0.05) is 0 Å². The molecule has 0 spiro atoms. The van der Waals surface area contributed by atoms with Crippen molar-refractivity contribution in [3.05, 3.63) is 0 Å². The van der Waals surface area contributed by atoms with Crippen LogP contribution in [0.2, 0.25) is 0 Å². The SMILES string of the molecule is FC(F)(F)F.OCF. The van der Waals surface area contributed by atoms with Crippen LogP contribution in [0.15, 0.2) is 0 Å². The zero-order chi connectivity index (χ0) is 7.21. The lowest BCUT2D eigenvalue weighted by atomic mass is 11.5. The van der Waals surface area contributed by atoms with Crippen molar-refractivity contribution in [2.75, 3.05) is 6.86 Å². The van der Waals surface area contributed by atoms with Crippen LogP contribution in [0.1, 0.15) is 0 Å². The number of aliphatic hydroxyl groups excluding tert-OH is 1. The molecular formula is C2H3F5O. The van der Waals surface area contributed by atoms with Crippen LogP contribution in [0.25, 0.3) is 0 Å². The highest BCUT2D eigenvalue weighted by Gasteiger charge is 2.24. The molecule has 6 heteroatoms. The minimum absolute atomic E-state index is 1.25. The molecule has 0 unspecified atom stereocenters. The summed E-state index contributed by atoms with van der Waals surface area (Å²) in [6, 6.07) is 0. The Morgan fingerprint density at radius 2 is 1.12 bits per heavy atom. The molecule has 0 aliphatic rings. The van der Waals surface area contributed by atoms with Crippen molar-refractivity contribution in [1.82, 2.24) is 0 Å². The fourth-order valence-electron chi connectivity index (χ4n) is 0. The number of aliphatic hydroxyl groups is 1. The van der Waals surface area contributed by atoms with Gasteiger partial charge in [-0.1, -0.05) is 0 Å². The zero-order valence-corrected chi connectivity index (χ0v) is 3.54. The Morgan fingerprint density at radius 3 is 1.12 bits per heavy atom. The number of alkyl halides is 5. The summed E-state index contributed by atoms with van der Waals surface area (Å²) in [5.41, 5.74) is 0. The summed E-state index contributed by atoms with van der Waals surface area (Å²) in [4.78, 5) is 0. The van der Waals surface area contributed by atoms with Crippen molar-refractivity contribution < 1.29 is 27.1 Å². The van der Waals surface area contributed by atoms with Gasteiger partial charge in [0.05, 0.1) is 0 Å². The molecule has 0 rings (SSSR count). The lowest BCUT2D eigenvalue weighted by Crippen LogP contribution is -1.92. The molecule has 0 heterocycles. The summed E-state index contributed by atoms with van der Waals surface area (Å²) in [7, 11) is 0. The van der Waals surface area contributed by atoms with E-state index in [1.165, 1.54) is 0 Å². The minimum atomic E-state index is -5.50. The number of hydrogen-bond acceptors (Lipinski definition) is 1. The molecule has 1 N–H and O–H groups in total. The van der Waals surface area contributed by atoms with Gasteiger partial charge >= 0.3 is 6.43 Å². The van der Waals surface area contributed by atoms with Crippen LogP contribution in [0.5, 0.6) is 0 Å². The third kappa shape index (κ3) is 784. The van der Waals surface area contributed by atoms with Crippen LogP contribution in [0.4, 0.5) is 22.0 Å². The highest BCUT2D eigenvalue weighted by Crippen LogP contribution is 2.13. The quantitative estimate of drug-likeness (QED) is 0.501. The maximum absolute atomic E-state index is 9.85. The van der Waals surface area contributed by atoms with Crippen molar-refractivity contribution in [3.63, 3.8) is 0 Å². The Bertz CT molecular complexity index is 34.2. The molecule has 8 heavy (non-hydrogen) atoms. The third-order valence-corrected chi connectivity index (χ3v) is 0. The van der Waals surface area contributed by atoms with Crippen molar-refractivity contribution in [2.45, 2.75) is 6.43 Å². The number of hydrogen-bond donors (Lipinski definition) is 1. The average Bonchev–Trinajstić information content (AvgIpc) is 1.27. The normalized spacial score (nSPS) is 9.75. The molecule has 0 saturated carbocycles. The first-order valence-corrected chi connectivity index (χ1v) is 1.34. The second kappa shape index (κ2) is 4.76. The van der Waals surface area contributed by atoms with E-state index in [1.54, 1.807) is 0 Å². The lowest BCUT2D eigenvalue weighted by Gasteiger charge is -1.82. The predicted molar refractivity (Wildman–Crippen MR) is 15.4 cm³/mol. The summed E-state index contributed by atoms with van der Waals surface area (Å²) < 4.78 is 48.6. The summed E-state index contributed by atoms with van der Waals surface area (Å²) in [6.45, 7) is -1.25. The molecule has 52 valence electrons. The molecule has 0 saturated heterocycles. The molecule has 0 aromatic heterocycles. The van der Waals surface area contributed by atoms with Gasteiger partial charge in [-0.2, -0.15) is 0 Å². The second-order valence-corrected chi connectivity index (χ2v) is 0.548. The van der Waals surface area contributed by atoms with Gasteiger partial charge in [-0.25, -0.2) is 4.39 Å². The molecule has 0 radical (unpaired) electrons. The van der Waals surface area contributed by atoms with Crippen molar-refractivity contribution in [3.8, 4) is 0 Å². The van der Waals surface area contributed by atoms with E-state index in [0.29, 0.717) is 0 Å². The minimum Gasteiger partial charge on any atom is -0.366 e. The maximum Gasteiger partial charge on any atom is 0.559 e. The van der Waals surface area contributed by atoms with Crippen LogP contribution in [0, 0.1) is 0 Å². The van der Waals surface area contributed by atoms with E-state index >= 15 is 0 Å². The zero-order valence-electron chi connectivity index (χ0n) is 3.54. The van der Waals surface area contributed by atoms with Crippen LogP contribution in [0.3, 0.4) is 0 Å². The smallest absolute Gasteiger partial charge is 0.366 e. The monoisotopic (exact) mass is 138 g/mol. The molecule has 0 bridgehead atoms. The summed E-state index contributed by atoms with van der Waals surface area (Å²) >= 11 is 0. The van der Waals surface area contributed by atoms with Gasteiger partial charge < -0.3 is 5.11 Å². The van der Waals surface area contributed by atoms with Gasteiger partial charge in [-0.05, 0) is 0 Å². The number of rotatable bonds is 0. The van der Waals surface area contributed by atoms with Crippen LogP contribution in [-0.2, 0) is 0 Å². The standard InChI is InChI=1S/CF4.CH3FO/c2-1(3,4)5;2-1-3/h;3H,1H2. The second-order valence-electron chi connectivity index (χ2n) is 0.548. The van der Waals surface area contributed by atoms with E-state index in [9.17, 15) is 22.0 Å². The summed E-state index contributed by atoms with van der Waals surface area (Å²) in [6.07, 6.45) is -5.50. The van der Waals surface area contributed by atoms with Crippen LogP contribution in [-0.4, -0.2) is 18.4 Å². The van der Waals surface area contributed by atoms with E-state index in [1.807, 2.05) is 0 Å². The Labute approximate surface area is 41.7 Å². The van der Waals surface area contributed by atoms with E-state index < -0.39 is 13.3 Å². The van der Waals surface area contributed by atoms with Crippen LogP contribution < -0.4 is 0 Å². The van der Waals surface area contributed by atoms with E-state index in [2.05, 4.69) is 0 Å². The van der Waals surface area contributed by atoms with Gasteiger partial charge in [-0.3, -0.25) is 0 Å². The first-order chi connectivity index (χ1) is 3.41. The molecule has 0 amide bonds. The fourth-order valence-corrected chi connectivity index (χ4v) is 0. The van der Waals surface area contributed by atoms with Gasteiger partial charge in [-0.15, -0.1) is 17.6 Å². The first-order valence-electron chi connectivity index (χ1n) is 1.34. The van der Waals surface area contributed by atoms with E-state index in [-0.39, 0.29) is 0 Å². The Hall–Kier alpha value is -0.390. The van der Waals surface area contributed by atoms with E-state index in [0.717, 1.165) is 0 Å². The molecule has 0 aliphatic carbocycles. The Balaban J connectivity index is 0.